The van der Waals surface area contributed by atoms with Gasteiger partial charge in [-0.15, -0.1) is 0 Å². The molecule has 6 nitrogen and oxygen atoms in total. The normalized spacial score (nSPS) is 16.3. The van der Waals surface area contributed by atoms with Crippen molar-refractivity contribution in [2.75, 3.05) is 32.8 Å². The number of nitrogens with one attached hydrogen (secondary N) is 1. The fourth-order valence-electron chi connectivity index (χ4n) is 1.42. The van der Waals surface area contributed by atoms with Crippen molar-refractivity contribution in [3.8, 4) is 0 Å². The zero-order chi connectivity index (χ0) is 15.6. The first-order valence-corrected chi connectivity index (χ1v) is 6.21. The van der Waals surface area contributed by atoms with Gasteiger partial charge in [0.25, 0.3) is 0 Å². The molecule has 20 heavy (non-hydrogen) atoms. The van der Waals surface area contributed by atoms with Crippen molar-refractivity contribution in [1.82, 2.24) is 10.2 Å². The van der Waals surface area contributed by atoms with Gasteiger partial charge >= 0.3 is 18.2 Å². The summed E-state index contributed by atoms with van der Waals surface area (Å²) >= 11 is 0. The molecule has 1 saturated heterocycles. The van der Waals surface area contributed by atoms with Gasteiger partial charge in [-0.05, 0) is 32.9 Å². The van der Waals surface area contributed by atoms with Crippen LogP contribution >= 0.6 is 0 Å². The predicted octanol–water partition coefficient (Wildman–Crippen LogP) is 1.46. The number of aliphatic carboxylic acids is 1. The average molecular weight is 300 g/mol. The van der Waals surface area contributed by atoms with Crippen molar-refractivity contribution in [3.63, 3.8) is 0 Å². The summed E-state index contributed by atoms with van der Waals surface area (Å²) in [5.41, 5.74) is 0. The van der Waals surface area contributed by atoms with Crippen LogP contribution in [0.15, 0.2) is 0 Å². The van der Waals surface area contributed by atoms with E-state index in [0.29, 0.717) is 6.61 Å². The summed E-state index contributed by atoms with van der Waals surface area (Å²) in [6.07, 6.45) is -3.22. The van der Waals surface area contributed by atoms with Gasteiger partial charge in [-0.25, -0.2) is 9.59 Å². The highest BCUT2D eigenvalue weighted by Gasteiger charge is 2.38. The lowest BCUT2D eigenvalue weighted by Gasteiger charge is -2.24. The highest BCUT2D eigenvalue weighted by atomic mass is 19.4. The highest BCUT2D eigenvalue weighted by Crippen LogP contribution is 2.13. The lowest BCUT2D eigenvalue weighted by Crippen LogP contribution is -2.38. The van der Waals surface area contributed by atoms with E-state index in [0.717, 1.165) is 39.0 Å². The van der Waals surface area contributed by atoms with Gasteiger partial charge in [-0.1, -0.05) is 0 Å². The molecule has 0 atom stereocenters. The van der Waals surface area contributed by atoms with E-state index < -0.39 is 12.1 Å². The molecule has 0 saturated carbocycles. The van der Waals surface area contributed by atoms with Crippen LogP contribution < -0.4 is 5.32 Å². The van der Waals surface area contributed by atoms with Crippen molar-refractivity contribution in [3.05, 3.63) is 0 Å². The zero-order valence-electron chi connectivity index (χ0n) is 11.2. The molecule has 1 heterocycles. The van der Waals surface area contributed by atoms with Gasteiger partial charge in [-0.3, -0.25) is 0 Å². The number of carbonyl (C=O) groups is 2. The molecule has 0 aliphatic carbocycles. The van der Waals surface area contributed by atoms with Gasteiger partial charge in [0.2, 0.25) is 0 Å². The van der Waals surface area contributed by atoms with Crippen molar-refractivity contribution in [2.24, 2.45) is 0 Å². The molecule has 0 aromatic rings. The Balaban J connectivity index is 0.000000441. The predicted molar refractivity (Wildman–Crippen MR) is 64.4 cm³/mol. The number of hydrogen-bond donors (Lipinski definition) is 2. The summed E-state index contributed by atoms with van der Waals surface area (Å²) in [4.78, 5) is 22.0. The SMILES string of the molecule is CCOC(=O)N1CCCNCCC1.O=C(O)C(F)(F)F. The minimum Gasteiger partial charge on any atom is -0.475 e. The molecule has 0 bridgehead atoms. The number of nitrogens with zero attached hydrogens (tertiary/aromatic N) is 1. The Bertz CT molecular complexity index is 303. The van der Waals surface area contributed by atoms with Gasteiger partial charge < -0.3 is 20.1 Å². The fraction of sp³-hybridized carbons (Fsp3) is 0.818. The van der Waals surface area contributed by atoms with E-state index in [4.69, 9.17) is 14.6 Å². The van der Waals surface area contributed by atoms with Crippen molar-refractivity contribution in [1.29, 1.82) is 0 Å². The molecule has 1 aliphatic heterocycles. The number of rotatable bonds is 1. The molecule has 1 aliphatic rings. The Labute approximate surface area is 114 Å². The summed E-state index contributed by atoms with van der Waals surface area (Å²) in [6, 6.07) is 0. The molecular weight excluding hydrogens is 281 g/mol. The number of carboxylic acids is 1. The van der Waals surface area contributed by atoms with Crippen LogP contribution in [0, 0.1) is 0 Å². The summed E-state index contributed by atoms with van der Waals surface area (Å²) in [5.74, 6) is -2.76. The Morgan fingerprint density at radius 1 is 1.25 bits per heavy atom. The number of halogens is 3. The van der Waals surface area contributed by atoms with E-state index >= 15 is 0 Å². The van der Waals surface area contributed by atoms with E-state index in [1.807, 2.05) is 6.92 Å². The summed E-state index contributed by atoms with van der Waals surface area (Å²) in [7, 11) is 0. The van der Waals surface area contributed by atoms with Gasteiger partial charge in [0, 0.05) is 13.1 Å². The van der Waals surface area contributed by atoms with Crippen molar-refractivity contribution in [2.45, 2.75) is 25.9 Å². The first-order valence-electron chi connectivity index (χ1n) is 6.21. The lowest BCUT2D eigenvalue weighted by atomic mass is 10.3. The standard InChI is InChI=1S/C9H18N2O2.C2HF3O2/c1-2-13-9(12)11-7-3-5-10-6-4-8-11;3-2(4,5)1(6)7/h10H,2-8H2,1H3;(H,6,7). The molecular formula is C11H19F3N2O4. The minimum absolute atomic E-state index is 0.163. The van der Waals surface area contributed by atoms with Crippen molar-refractivity contribution >= 4 is 12.1 Å². The quantitative estimate of drug-likeness (QED) is 0.766. The summed E-state index contributed by atoms with van der Waals surface area (Å²) in [5, 5.41) is 10.4. The number of carbonyl (C=O) groups excluding carboxylic acids is 1. The van der Waals surface area contributed by atoms with Crippen LogP contribution in [0.4, 0.5) is 18.0 Å². The second-order valence-electron chi connectivity index (χ2n) is 3.95. The second-order valence-corrected chi connectivity index (χ2v) is 3.95. The lowest BCUT2D eigenvalue weighted by molar-refractivity contribution is -0.192. The number of carboxylic acid groups (broad SMARTS) is 1. The van der Waals surface area contributed by atoms with Gasteiger partial charge in [-0.2, -0.15) is 13.2 Å². The molecule has 118 valence electrons. The van der Waals surface area contributed by atoms with Crippen LogP contribution in [0.2, 0.25) is 0 Å². The molecule has 1 fully saturated rings. The molecule has 0 aromatic carbocycles. The van der Waals surface area contributed by atoms with Crippen molar-refractivity contribution < 1.29 is 32.6 Å². The molecule has 0 spiro atoms. The van der Waals surface area contributed by atoms with E-state index in [1.54, 1.807) is 4.90 Å². The Morgan fingerprint density at radius 2 is 1.70 bits per heavy atom. The van der Waals surface area contributed by atoms with Crippen LogP contribution in [0.1, 0.15) is 19.8 Å². The largest absolute Gasteiger partial charge is 0.490 e. The number of ether oxygens (including phenoxy) is 1. The Morgan fingerprint density at radius 3 is 2.05 bits per heavy atom. The number of amides is 1. The fourth-order valence-corrected chi connectivity index (χ4v) is 1.42. The molecule has 0 aromatic heterocycles. The van der Waals surface area contributed by atoms with Crippen LogP contribution in [0.3, 0.4) is 0 Å². The molecule has 2 N–H and O–H groups in total. The topological polar surface area (TPSA) is 78.9 Å². The third kappa shape index (κ3) is 8.57. The maximum atomic E-state index is 11.3. The minimum atomic E-state index is -5.08. The van der Waals surface area contributed by atoms with Crippen LogP contribution in [0.25, 0.3) is 0 Å². The number of alkyl halides is 3. The first-order chi connectivity index (χ1) is 9.29. The van der Waals surface area contributed by atoms with Gasteiger partial charge in [0.15, 0.2) is 0 Å². The van der Waals surface area contributed by atoms with E-state index in [1.165, 1.54) is 0 Å². The molecule has 0 unspecified atom stereocenters. The third-order valence-electron chi connectivity index (χ3n) is 2.33. The molecule has 0 radical (unpaired) electrons. The summed E-state index contributed by atoms with van der Waals surface area (Å²) in [6.45, 7) is 5.92. The Kier molecular flexibility index (Phi) is 8.69. The summed E-state index contributed by atoms with van der Waals surface area (Å²) < 4.78 is 36.7. The highest BCUT2D eigenvalue weighted by molar-refractivity contribution is 5.73. The maximum absolute atomic E-state index is 11.3. The maximum Gasteiger partial charge on any atom is 0.490 e. The van der Waals surface area contributed by atoms with E-state index in [2.05, 4.69) is 5.32 Å². The van der Waals surface area contributed by atoms with E-state index in [9.17, 15) is 18.0 Å². The van der Waals surface area contributed by atoms with Crippen LogP contribution in [-0.2, 0) is 9.53 Å². The average Bonchev–Trinajstić information content (AvgIpc) is 2.27. The van der Waals surface area contributed by atoms with Gasteiger partial charge in [0.05, 0.1) is 6.61 Å². The molecule has 1 rings (SSSR count). The first kappa shape index (κ1) is 18.5. The molecule has 9 heteroatoms. The third-order valence-corrected chi connectivity index (χ3v) is 2.33. The second kappa shape index (κ2) is 9.40. The zero-order valence-corrected chi connectivity index (χ0v) is 11.2. The van der Waals surface area contributed by atoms with E-state index in [-0.39, 0.29) is 6.09 Å². The van der Waals surface area contributed by atoms with Crippen LogP contribution in [-0.4, -0.2) is 61.0 Å². The van der Waals surface area contributed by atoms with Gasteiger partial charge in [0.1, 0.15) is 0 Å². The molecule has 1 amide bonds. The Hall–Kier alpha value is -1.51. The number of hydrogen-bond acceptors (Lipinski definition) is 4. The monoisotopic (exact) mass is 300 g/mol. The smallest absolute Gasteiger partial charge is 0.475 e. The van der Waals surface area contributed by atoms with Crippen LogP contribution in [0.5, 0.6) is 0 Å².